The molecule has 6 nitrogen and oxygen atoms in total. The third-order valence-corrected chi connectivity index (χ3v) is 4.69. The Bertz CT molecular complexity index is 698. The zero-order valence-corrected chi connectivity index (χ0v) is 16.0. The molecular formula is C17H24F6N6. The Kier molecular flexibility index (Phi) is 6.89. The van der Waals surface area contributed by atoms with E-state index in [1.54, 1.807) is 0 Å². The van der Waals surface area contributed by atoms with Crippen molar-refractivity contribution in [2.45, 2.75) is 50.7 Å². The van der Waals surface area contributed by atoms with Gasteiger partial charge in [-0.2, -0.15) is 26.3 Å². The predicted molar refractivity (Wildman–Crippen MR) is 96.0 cm³/mol. The summed E-state index contributed by atoms with van der Waals surface area (Å²) in [6.45, 7) is 2.16. The van der Waals surface area contributed by atoms with Gasteiger partial charge in [-0.1, -0.05) is 6.92 Å². The van der Waals surface area contributed by atoms with Gasteiger partial charge in [-0.05, 0) is 36.6 Å². The molecule has 0 saturated carbocycles. The summed E-state index contributed by atoms with van der Waals surface area (Å²) in [5.74, 6) is 5.37. The third-order valence-electron chi connectivity index (χ3n) is 4.69. The Labute approximate surface area is 164 Å². The second-order valence-electron chi connectivity index (χ2n) is 6.98. The highest BCUT2D eigenvalue weighted by Crippen LogP contribution is 2.36. The summed E-state index contributed by atoms with van der Waals surface area (Å²) in [5, 5.41) is 8.04. The van der Waals surface area contributed by atoms with E-state index in [1.165, 1.54) is 11.9 Å². The number of benzene rings is 1. The highest BCUT2D eigenvalue weighted by molar-refractivity contribution is 5.78. The summed E-state index contributed by atoms with van der Waals surface area (Å²) >= 11 is 0. The molecule has 0 bridgehead atoms. The van der Waals surface area contributed by atoms with Gasteiger partial charge in [-0.25, -0.2) is 11.0 Å². The molecule has 0 aliphatic carbocycles. The lowest BCUT2D eigenvalue weighted by Crippen LogP contribution is -2.46. The van der Waals surface area contributed by atoms with Crippen molar-refractivity contribution in [3.63, 3.8) is 0 Å². The van der Waals surface area contributed by atoms with Gasteiger partial charge in [0.2, 0.25) is 5.96 Å². The predicted octanol–water partition coefficient (Wildman–Crippen LogP) is 2.70. The van der Waals surface area contributed by atoms with Gasteiger partial charge >= 0.3 is 12.4 Å². The largest absolute Gasteiger partial charge is 0.416 e. The lowest BCUT2D eigenvalue weighted by molar-refractivity contribution is -0.143. The minimum Gasteiger partial charge on any atom is -0.368 e. The first-order valence-electron chi connectivity index (χ1n) is 8.92. The van der Waals surface area contributed by atoms with Gasteiger partial charge in [0, 0.05) is 32.2 Å². The maximum Gasteiger partial charge on any atom is 0.416 e. The first-order valence-corrected chi connectivity index (χ1v) is 8.92. The molecule has 0 amide bonds. The van der Waals surface area contributed by atoms with Crippen LogP contribution >= 0.6 is 0 Å². The molecule has 2 rings (SSSR count). The van der Waals surface area contributed by atoms with E-state index in [9.17, 15) is 26.3 Å². The molecule has 12 heteroatoms. The maximum atomic E-state index is 13.1. The number of halogens is 6. The van der Waals surface area contributed by atoms with Gasteiger partial charge in [0.05, 0.1) is 11.1 Å². The molecule has 0 aromatic heterocycles. The van der Waals surface area contributed by atoms with Crippen LogP contribution in [0.4, 0.5) is 26.3 Å². The molecule has 164 valence electrons. The van der Waals surface area contributed by atoms with Crippen LogP contribution in [0.25, 0.3) is 0 Å². The van der Waals surface area contributed by atoms with Crippen LogP contribution in [0.15, 0.2) is 23.3 Å². The van der Waals surface area contributed by atoms with Crippen molar-refractivity contribution in [2.75, 3.05) is 13.6 Å². The SMILES string of the molecule is CC[C@@H]1C[C@H](N(Cc2cc(C(F)(F)F)cc(C(F)(F)F)c2)/C(N)=N/N(C)N)CN1. The molecule has 0 spiro atoms. The molecule has 1 saturated heterocycles. The van der Waals surface area contributed by atoms with Crippen LogP contribution in [-0.4, -0.2) is 41.7 Å². The number of nitrogens with zero attached hydrogens (tertiary/aromatic N) is 3. The van der Waals surface area contributed by atoms with Crippen molar-refractivity contribution in [3.05, 3.63) is 34.9 Å². The Morgan fingerprint density at radius 2 is 1.69 bits per heavy atom. The molecule has 29 heavy (non-hydrogen) atoms. The zero-order valence-electron chi connectivity index (χ0n) is 16.0. The zero-order chi connectivity index (χ0) is 22.0. The lowest BCUT2D eigenvalue weighted by atomic mass is 10.0. The topological polar surface area (TPSA) is 82.9 Å². The number of hydrogen-bond donors (Lipinski definition) is 3. The monoisotopic (exact) mass is 426 g/mol. The Morgan fingerprint density at radius 1 is 1.14 bits per heavy atom. The highest BCUT2D eigenvalue weighted by Gasteiger charge is 2.37. The minimum absolute atomic E-state index is 0.0930. The molecule has 1 aromatic rings. The van der Waals surface area contributed by atoms with E-state index in [2.05, 4.69) is 10.4 Å². The van der Waals surface area contributed by atoms with Crippen LogP contribution in [0.3, 0.4) is 0 Å². The van der Waals surface area contributed by atoms with Crippen molar-refractivity contribution in [3.8, 4) is 0 Å². The van der Waals surface area contributed by atoms with Gasteiger partial charge in [0.25, 0.3) is 0 Å². The van der Waals surface area contributed by atoms with E-state index in [-0.39, 0.29) is 36.2 Å². The quantitative estimate of drug-likeness (QED) is 0.222. The molecule has 1 aromatic carbocycles. The molecule has 1 aliphatic heterocycles. The Morgan fingerprint density at radius 3 is 2.10 bits per heavy atom. The van der Waals surface area contributed by atoms with Crippen molar-refractivity contribution in [1.82, 2.24) is 15.3 Å². The van der Waals surface area contributed by atoms with Gasteiger partial charge in [0.15, 0.2) is 0 Å². The summed E-state index contributed by atoms with van der Waals surface area (Å²) in [6, 6.07) is 1.40. The molecule has 1 fully saturated rings. The number of nitrogens with one attached hydrogen (secondary N) is 1. The van der Waals surface area contributed by atoms with Gasteiger partial charge in [-0.3, -0.25) is 0 Å². The molecule has 0 unspecified atom stereocenters. The summed E-state index contributed by atoms with van der Waals surface area (Å²) < 4.78 is 78.8. The van der Waals surface area contributed by atoms with Crippen molar-refractivity contribution < 1.29 is 26.3 Å². The Balaban J connectivity index is 2.44. The third kappa shape index (κ3) is 6.13. The van der Waals surface area contributed by atoms with Crippen LogP contribution in [0.1, 0.15) is 36.5 Å². The first-order chi connectivity index (χ1) is 13.3. The molecular weight excluding hydrogens is 402 g/mol. The molecule has 5 N–H and O–H groups in total. The normalized spacial score (nSPS) is 20.8. The van der Waals surface area contributed by atoms with E-state index < -0.39 is 23.5 Å². The number of hydrazine groups is 1. The van der Waals surface area contributed by atoms with Gasteiger partial charge < -0.3 is 16.0 Å². The number of rotatable bonds is 5. The standard InChI is InChI=1S/C17H24F6N6/c1-3-13-7-14(8-26-13)29(15(24)27-28(2)25)9-10-4-11(16(18,19)20)6-12(5-10)17(21,22)23/h4-6,13-14,26H,3,7-9,25H2,1-2H3,(H2,24,27)/t13-,14+/m1/s1. The average Bonchev–Trinajstić information content (AvgIpc) is 3.06. The van der Waals surface area contributed by atoms with Gasteiger partial charge in [-0.15, -0.1) is 5.10 Å². The maximum absolute atomic E-state index is 13.1. The van der Waals surface area contributed by atoms with Crippen LogP contribution in [-0.2, 0) is 18.9 Å². The van der Waals surface area contributed by atoms with Crippen molar-refractivity contribution in [1.29, 1.82) is 0 Å². The minimum atomic E-state index is -4.92. The van der Waals surface area contributed by atoms with E-state index >= 15 is 0 Å². The van der Waals surface area contributed by atoms with Crippen LogP contribution in [0.2, 0.25) is 0 Å². The van der Waals surface area contributed by atoms with E-state index in [4.69, 9.17) is 11.6 Å². The number of alkyl halides is 6. The molecule has 2 atom stereocenters. The van der Waals surface area contributed by atoms with Crippen molar-refractivity contribution in [2.24, 2.45) is 16.7 Å². The summed E-state index contributed by atoms with van der Waals surface area (Å²) in [4.78, 5) is 1.47. The lowest BCUT2D eigenvalue weighted by Gasteiger charge is -2.30. The van der Waals surface area contributed by atoms with Crippen molar-refractivity contribution >= 4 is 5.96 Å². The fourth-order valence-corrected chi connectivity index (χ4v) is 3.27. The van der Waals surface area contributed by atoms with E-state index in [1.807, 2.05) is 6.92 Å². The number of nitrogens with two attached hydrogens (primary N) is 2. The molecule has 1 aliphatic rings. The summed E-state index contributed by atoms with van der Waals surface area (Å²) in [6.07, 6.45) is -8.40. The second-order valence-corrected chi connectivity index (χ2v) is 6.98. The highest BCUT2D eigenvalue weighted by atomic mass is 19.4. The van der Waals surface area contributed by atoms with Gasteiger partial charge in [0.1, 0.15) is 0 Å². The fourth-order valence-electron chi connectivity index (χ4n) is 3.27. The summed E-state index contributed by atoms with van der Waals surface area (Å²) in [5.41, 5.74) is 3.05. The first kappa shape index (κ1) is 23.1. The van der Waals surface area contributed by atoms with E-state index in [0.29, 0.717) is 25.1 Å². The second kappa shape index (κ2) is 8.66. The number of guanidine groups is 1. The Hall–Kier alpha value is -2.21. The smallest absolute Gasteiger partial charge is 0.368 e. The molecule has 0 radical (unpaired) electrons. The van der Waals surface area contributed by atoms with Crippen LogP contribution in [0, 0.1) is 0 Å². The average molecular weight is 426 g/mol. The summed E-state index contributed by atoms with van der Waals surface area (Å²) in [7, 11) is 1.40. The number of hydrazone groups is 1. The number of hydrogen-bond acceptors (Lipinski definition) is 4. The van der Waals surface area contributed by atoms with Crippen LogP contribution in [0.5, 0.6) is 0 Å². The van der Waals surface area contributed by atoms with E-state index in [0.717, 1.165) is 11.5 Å². The fraction of sp³-hybridized carbons (Fsp3) is 0.588. The van der Waals surface area contributed by atoms with Crippen LogP contribution < -0.4 is 16.9 Å². The molecule has 1 heterocycles.